The number of halogens is 2. The lowest BCUT2D eigenvalue weighted by atomic mass is 10.1. The van der Waals surface area contributed by atoms with Gasteiger partial charge in [-0.25, -0.2) is 17.2 Å². The minimum Gasteiger partial charge on any atom is -0.370 e. The van der Waals surface area contributed by atoms with Gasteiger partial charge < -0.3 is 5.73 Å². The van der Waals surface area contributed by atoms with Gasteiger partial charge in [0.2, 0.25) is 5.91 Å². The van der Waals surface area contributed by atoms with Crippen molar-refractivity contribution in [1.82, 2.24) is 4.90 Å². The first kappa shape index (κ1) is 18.5. The highest BCUT2D eigenvalue weighted by Crippen LogP contribution is 2.20. The third-order valence-corrected chi connectivity index (χ3v) is 5.13. The predicted molar refractivity (Wildman–Crippen MR) is 79.9 cm³/mol. The van der Waals surface area contributed by atoms with Crippen molar-refractivity contribution in [1.29, 1.82) is 0 Å². The number of sulfone groups is 1. The van der Waals surface area contributed by atoms with Crippen LogP contribution in [0.25, 0.3) is 0 Å². The average Bonchev–Trinajstić information content (AvgIpc) is 2.45. The van der Waals surface area contributed by atoms with Crippen LogP contribution >= 0.6 is 0 Å². The number of nitrogens with two attached hydrogens (primary N) is 1. The zero-order valence-corrected chi connectivity index (χ0v) is 13.4. The van der Waals surface area contributed by atoms with Crippen LogP contribution in [0.3, 0.4) is 0 Å². The summed E-state index contributed by atoms with van der Waals surface area (Å²) in [4.78, 5) is 12.3. The van der Waals surface area contributed by atoms with Crippen molar-refractivity contribution in [2.45, 2.75) is 19.4 Å². The number of carbonyl (C=O) groups is 1. The summed E-state index contributed by atoms with van der Waals surface area (Å²) in [7, 11) is -1.69. The van der Waals surface area contributed by atoms with Crippen LogP contribution in [-0.4, -0.2) is 44.3 Å². The zero-order chi connectivity index (χ0) is 16.9. The second-order valence-corrected chi connectivity index (χ2v) is 7.50. The highest BCUT2D eigenvalue weighted by atomic mass is 32.2. The van der Waals surface area contributed by atoms with E-state index in [1.54, 1.807) is 18.9 Å². The highest BCUT2D eigenvalue weighted by Gasteiger charge is 2.18. The van der Waals surface area contributed by atoms with Crippen LogP contribution in [-0.2, 0) is 14.6 Å². The average molecular weight is 334 g/mol. The van der Waals surface area contributed by atoms with E-state index in [1.165, 1.54) is 6.07 Å². The van der Waals surface area contributed by atoms with E-state index in [2.05, 4.69) is 0 Å². The number of carbonyl (C=O) groups excluding carboxylic acids is 1. The van der Waals surface area contributed by atoms with Gasteiger partial charge in [0.1, 0.15) is 0 Å². The SMILES string of the molecule is C[C@H](c1ccc(F)c(F)c1)N(C)CCS(=O)(=O)CCC(N)=O. The molecule has 124 valence electrons. The van der Waals surface area contributed by atoms with E-state index in [9.17, 15) is 22.0 Å². The van der Waals surface area contributed by atoms with Gasteiger partial charge in [0.15, 0.2) is 21.5 Å². The van der Waals surface area contributed by atoms with E-state index in [1.807, 2.05) is 0 Å². The lowest BCUT2D eigenvalue weighted by Gasteiger charge is -2.25. The number of nitrogens with zero attached hydrogens (tertiary/aromatic N) is 1. The lowest BCUT2D eigenvalue weighted by Crippen LogP contribution is -2.30. The molecule has 0 aliphatic heterocycles. The maximum atomic E-state index is 13.2. The molecule has 1 rings (SSSR count). The molecule has 0 aliphatic rings. The highest BCUT2D eigenvalue weighted by molar-refractivity contribution is 7.91. The summed E-state index contributed by atoms with van der Waals surface area (Å²) in [5.74, 6) is -2.94. The third-order valence-electron chi connectivity index (χ3n) is 3.50. The molecule has 1 amide bonds. The zero-order valence-electron chi connectivity index (χ0n) is 12.6. The van der Waals surface area contributed by atoms with Gasteiger partial charge >= 0.3 is 0 Å². The summed E-state index contributed by atoms with van der Waals surface area (Å²) in [6.45, 7) is 1.98. The molecular weight excluding hydrogens is 314 g/mol. The molecule has 8 heteroatoms. The fraction of sp³-hybridized carbons (Fsp3) is 0.500. The first-order valence-corrected chi connectivity index (χ1v) is 8.58. The van der Waals surface area contributed by atoms with Crippen LogP contribution in [0.4, 0.5) is 8.78 Å². The van der Waals surface area contributed by atoms with Crippen molar-refractivity contribution in [2.75, 3.05) is 25.1 Å². The Hall–Kier alpha value is -1.54. The van der Waals surface area contributed by atoms with E-state index in [-0.39, 0.29) is 30.5 Å². The van der Waals surface area contributed by atoms with Gasteiger partial charge in [-0.2, -0.15) is 0 Å². The number of primary amides is 1. The van der Waals surface area contributed by atoms with Crippen molar-refractivity contribution >= 4 is 15.7 Å². The summed E-state index contributed by atoms with van der Waals surface area (Å²) in [5, 5.41) is 0. The minimum atomic E-state index is -3.38. The molecule has 5 nitrogen and oxygen atoms in total. The van der Waals surface area contributed by atoms with E-state index in [0.29, 0.717) is 5.56 Å². The molecule has 1 aromatic carbocycles. The summed E-state index contributed by atoms with van der Waals surface area (Å²) < 4.78 is 49.6. The number of benzene rings is 1. The lowest BCUT2D eigenvalue weighted by molar-refractivity contribution is -0.117. The van der Waals surface area contributed by atoms with Crippen molar-refractivity contribution < 1.29 is 22.0 Å². The number of amides is 1. The summed E-state index contributed by atoms with van der Waals surface area (Å²) in [6.07, 6.45) is -0.204. The molecule has 1 aromatic rings. The standard InChI is InChI=1S/C14H20F2N2O3S/c1-10(11-3-4-12(15)13(16)9-11)18(2)6-8-22(20,21)7-5-14(17)19/h3-4,9-10H,5-8H2,1-2H3,(H2,17,19)/t10-/m1/s1. The number of hydrogen-bond donors (Lipinski definition) is 1. The second kappa shape index (κ2) is 7.64. The van der Waals surface area contributed by atoms with Gasteiger partial charge in [0.25, 0.3) is 0 Å². The molecule has 0 aromatic heterocycles. The molecule has 0 spiro atoms. The molecular formula is C14H20F2N2O3S. The van der Waals surface area contributed by atoms with Crippen LogP contribution < -0.4 is 5.73 Å². The third kappa shape index (κ3) is 5.69. The Kier molecular flexibility index (Phi) is 6.43. The normalized spacial score (nSPS) is 13.3. The van der Waals surface area contributed by atoms with Gasteiger partial charge in [0, 0.05) is 19.0 Å². The summed E-state index contributed by atoms with van der Waals surface area (Å²) in [6, 6.07) is 3.32. The van der Waals surface area contributed by atoms with Crippen molar-refractivity contribution in [3.8, 4) is 0 Å². The van der Waals surface area contributed by atoms with E-state index < -0.39 is 27.4 Å². The van der Waals surface area contributed by atoms with Crippen molar-refractivity contribution in [3.05, 3.63) is 35.4 Å². The summed E-state index contributed by atoms with van der Waals surface area (Å²) in [5.41, 5.74) is 5.48. The largest absolute Gasteiger partial charge is 0.370 e. The molecule has 22 heavy (non-hydrogen) atoms. The fourth-order valence-corrected chi connectivity index (χ4v) is 3.14. The van der Waals surface area contributed by atoms with Gasteiger partial charge in [-0.15, -0.1) is 0 Å². The van der Waals surface area contributed by atoms with Crippen LogP contribution in [0.1, 0.15) is 24.9 Å². The second-order valence-electron chi connectivity index (χ2n) is 5.20. The smallest absolute Gasteiger partial charge is 0.218 e. The Labute approximate surface area is 129 Å². The molecule has 0 saturated heterocycles. The monoisotopic (exact) mass is 334 g/mol. The molecule has 0 saturated carbocycles. The molecule has 2 N–H and O–H groups in total. The fourth-order valence-electron chi connectivity index (χ4n) is 1.86. The van der Waals surface area contributed by atoms with Gasteiger partial charge in [-0.1, -0.05) is 6.07 Å². The number of rotatable bonds is 8. The molecule has 0 unspecified atom stereocenters. The van der Waals surface area contributed by atoms with Crippen LogP contribution in [0, 0.1) is 11.6 Å². The molecule has 0 heterocycles. The van der Waals surface area contributed by atoms with Crippen molar-refractivity contribution in [2.24, 2.45) is 5.73 Å². The predicted octanol–water partition coefficient (Wildman–Crippen LogP) is 1.25. The minimum absolute atomic E-state index is 0.134. The van der Waals surface area contributed by atoms with E-state index >= 15 is 0 Å². The molecule has 0 fully saturated rings. The topological polar surface area (TPSA) is 80.5 Å². The Morgan fingerprint density at radius 3 is 2.45 bits per heavy atom. The van der Waals surface area contributed by atoms with Gasteiger partial charge in [-0.05, 0) is 31.7 Å². The van der Waals surface area contributed by atoms with Gasteiger partial charge in [0.05, 0.1) is 11.5 Å². The van der Waals surface area contributed by atoms with Crippen molar-refractivity contribution in [3.63, 3.8) is 0 Å². The molecule has 0 bridgehead atoms. The Morgan fingerprint density at radius 2 is 1.91 bits per heavy atom. The molecule has 1 atom stereocenters. The van der Waals surface area contributed by atoms with Gasteiger partial charge in [-0.3, -0.25) is 9.69 Å². The Balaban J connectivity index is 2.62. The van der Waals surface area contributed by atoms with E-state index in [4.69, 9.17) is 5.73 Å². The van der Waals surface area contributed by atoms with Crippen LogP contribution in [0.2, 0.25) is 0 Å². The Morgan fingerprint density at radius 1 is 1.27 bits per heavy atom. The molecule has 0 radical (unpaired) electrons. The van der Waals surface area contributed by atoms with E-state index in [0.717, 1.165) is 12.1 Å². The first-order chi connectivity index (χ1) is 10.1. The first-order valence-electron chi connectivity index (χ1n) is 6.76. The maximum absolute atomic E-state index is 13.2. The quantitative estimate of drug-likeness (QED) is 0.776. The molecule has 0 aliphatic carbocycles. The van der Waals surface area contributed by atoms with Crippen LogP contribution in [0.15, 0.2) is 18.2 Å². The summed E-state index contributed by atoms with van der Waals surface area (Å²) >= 11 is 0. The maximum Gasteiger partial charge on any atom is 0.218 e. The Bertz CT molecular complexity index is 635. The van der Waals surface area contributed by atoms with Crippen LogP contribution in [0.5, 0.6) is 0 Å². The number of hydrogen-bond acceptors (Lipinski definition) is 4.